The van der Waals surface area contributed by atoms with Gasteiger partial charge in [-0.05, 0) is 58.4 Å². The van der Waals surface area contributed by atoms with E-state index in [1.807, 2.05) is 24.3 Å². The lowest BCUT2D eigenvalue weighted by Gasteiger charge is -2.18. The van der Waals surface area contributed by atoms with Crippen molar-refractivity contribution in [2.75, 3.05) is 13.2 Å². The molecule has 152 valence electrons. The SMILES string of the molecule is O=C(NNC(=O)c1ccccc1Sc1ccc(Br)cn1)c1ccc2c(c1)OCCO2. The van der Waals surface area contributed by atoms with Crippen LogP contribution in [0.5, 0.6) is 11.5 Å². The van der Waals surface area contributed by atoms with E-state index in [0.29, 0.717) is 35.8 Å². The summed E-state index contributed by atoms with van der Waals surface area (Å²) in [6.07, 6.45) is 1.69. The third-order valence-corrected chi connectivity index (χ3v) is 5.64. The highest BCUT2D eigenvalue weighted by atomic mass is 79.9. The highest BCUT2D eigenvalue weighted by Crippen LogP contribution is 2.31. The molecule has 3 aromatic rings. The van der Waals surface area contributed by atoms with Gasteiger partial charge in [0.05, 0.1) is 5.56 Å². The largest absolute Gasteiger partial charge is 0.486 e. The molecule has 1 aliphatic heterocycles. The number of benzene rings is 2. The molecule has 2 amide bonds. The minimum Gasteiger partial charge on any atom is -0.486 e. The second-order valence-corrected chi connectivity index (χ2v) is 8.16. The van der Waals surface area contributed by atoms with Gasteiger partial charge in [0.15, 0.2) is 11.5 Å². The molecular formula is C21H16BrN3O4S. The first-order chi connectivity index (χ1) is 14.6. The molecule has 0 bridgehead atoms. The van der Waals surface area contributed by atoms with Crippen molar-refractivity contribution in [3.05, 3.63) is 76.4 Å². The van der Waals surface area contributed by atoms with Crippen molar-refractivity contribution in [1.29, 1.82) is 0 Å². The van der Waals surface area contributed by atoms with Gasteiger partial charge in [-0.3, -0.25) is 20.4 Å². The van der Waals surface area contributed by atoms with Gasteiger partial charge in [0.1, 0.15) is 18.2 Å². The predicted molar refractivity (Wildman–Crippen MR) is 115 cm³/mol. The number of carbonyl (C=O) groups is 2. The minimum atomic E-state index is -0.458. The number of fused-ring (bicyclic) bond motifs is 1. The fraction of sp³-hybridized carbons (Fsp3) is 0.0952. The van der Waals surface area contributed by atoms with Crippen LogP contribution < -0.4 is 20.3 Å². The Hall–Kier alpha value is -3.04. The third-order valence-electron chi connectivity index (χ3n) is 4.14. The zero-order chi connectivity index (χ0) is 20.9. The molecular weight excluding hydrogens is 470 g/mol. The van der Waals surface area contributed by atoms with Crippen LogP contribution in [0.25, 0.3) is 0 Å². The summed E-state index contributed by atoms with van der Waals surface area (Å²) in [5, 5.41) is 0.749. The van der Waals surface area contributed by atoms with Crippen molar-refractivity contribution >= 4 is 39.5 Å². The lowest BCUT2D eigenvalue weighted by Crippen LogP contribution is -2.41. The summed E-state index contributed by atoms with van der Waals surface area (Å²) in [5.41, 5.74) is 5.67. The van der Waals surface area contributed by atoms with Crippen LogP contribution in [-0.2, 0) is 0 Å². The second kappa shape index (κ2) is 9.19. The monoisotopic (exact) mass is 485 g/mol. The van der Waals surface area contributed by atoms with Crippen molar-refractivity contribution in [2.24, 2.45) is 0 Å². The maximum absolute atomic E-state index is 12.7. The number of hydrogen-bond acceptors (Lipinski definition) is 6. The van der Waals surface area contributed by atoms with E-state index in [2.05, 4.69) is 31.8 Å². The van der Waals surface area contributed by atoms with Crippen LogP contribution in [-0.4, -0.2) is 30.0 Å². The molecule has 0 spiro atoms. The summed E-state index contributed by atoms with van der Waals surface area (Å²) < 4.78 is 11.8. The second-order valence-electron chi connectivity index (χ2n) is 6.18. The van der Waals surface area contributed by atoms with Gasteiger partial charge < -0.3 is 9.47 Å². The molecule has 4 rings (SSSR count). The molecule has 0 fully saturated rings. The van der Waals surface area contributed by atoms with E-state index in [-0.39, 0.29) is 0 Å². The number of amides is 2. The van der Waals surface area contributed by atoms with Gasteiger partial charge in [0.25, 0.3) is 11.8 Å². The number of halogens is 1. The van der Waals surface area contributed by atoms with Crippen LogP contribution in [0.15, 0.2) is 75.2 Å². The molecule has 2 heterocycles. The number of hydrazine groups is 1. The van der Waals surface area contributed by atoms with Gasteiger partial charge in [-0.15, -0.1) is 0 Å². The van der Waals surface area contributed by atoms with Crippen LogP contribution in [0.3, 0.4) is 0 Å². The van der Waals surface area contributed by atoms with Crippen LogP contribution in [0.1, 0.15) is 20.7 Å². The number of nitrogens with one attached hydrogen (secondary N) is 2. The quantitative estimate of drug-likeness (QED) is 0.545. The van der Waals surface area contributed by atoms with Crippen LogP contribution in [0, 0.1) is 0 Å². The molecule has 7 nitrogen and oxygen atoms in total. The van der Waals surface area contributed by atoms with Crippen molar-refractivity contribution in [3.8, 4) is 11.5 Å². The van der Waals surface area contributed by atoms with Crippen LogP contribution in [0.4, 0.5) is 0 Å². The van der Waals surface area contributed by atoms with Gasteiger partial charge in [0, 0.05) is 21.1 Å². The average molecular weight is 486 g/mol. The molecule has 1 aliphatic rings. The number of hydrogen-bond donors (Lipinski definition) is 2. The van der Waals surface area contributed by atoms with Crippen molar-refractivity contribution < 1.29 is 19.1 Å². The number of ether oxygens (including phenoxy) is 2. The summed E-state index contributed by atoms with van der Waals surface area (Å²) in [4.78, 5) is 30.1. The van der Waals surface area contributed by atoms with E-state index in [1.165, 1.54) is 11.8 Å². The first-order valence-electron chi connectivity index (χ1n) is 8.99. The van der Waals surface area contributed by atoms with Crippen molar-refractivity contribution in [1.82, 2.24) is 15.8 Å². The standard InChI is InChI=1S/C21H16BrN3O4S/c22-14-6-8-19(23-12-14)30-18-4-2-1-3-15(18)21(27)25-24-20(26)13-5-7-16-17(11-13)29-10-9-28-16/h1-8,11-12H,9-10H2,(H,24,26)(H,25,27). The Balaban J connectivity index is 1.43. The molecule has 0 radical (unpaired) electrons. The smallest absolute Gasteiger partial charge is 0.270 e. The van der Waals surface area contributed by atoms with Gasteiger partial charge in [-0.2, -0.15) is 0 Å². The first-order valence-corrected chi connectivity index (χ1v) is 10.6. The summed E-state index contributed by atoms with van der Waals surface area (Å²) >= 11 is 4.71. The van der Waals surface area contributed by atoms with E-state index in [9.17, 15) is 9.59 Å². The molecule has 0 saturated carbocycles. The molecule has 0 aliphatic carbocycles. The number of pyridine rings is 1. The Morgan fingerprint density at radius 3 is 2.50 bits per heavy atom. The fourth-order valence-electron chi connectivity index (χ4n) is 2.72. The number of nitrogens with zero attached hydrogens (tertiary/aromatic N) is 1. The van der Waals surface area contributed by atoms with Crippen molar-refractivity contribution in [2.45, 2.75) is 9.92 Å². The average Bonchev–Trinajstić information content (AvgIpc) is 2.79. The molecule has 2 N–H and O–H groups in total. The van der Waals surface area contributed by atoms with E-state index in [0.717, 1.165) is 14.4 Å². The maximum atomic E-state index is 12.7. The van der Waals surface area contributed by atoms with Gasteiger partial charge in [-0.1, -0.05) is 23.9 Å². The molecule has 0 atom stereocenters. The van der Waals surface area contributed by atoms with Crippen LogP contribution >= 0.6 is 27.7 Å². The van der Waals surface area contributed by atoms with E-state index in [4.69, 9.17) is 9.47 Å². The summed E-state index contributed by atoms with van der Waals surface area (Å²) in [6, 6.07) is 15.7. The number of rotatable bonds is 4. The highest BCUT2D eigenvalue weighted by Gasteiger charge is 2.17. The number of aromatic nitrogens is 1. The Kier molecular flexibility index (Phi) is 6.20. The zero-order valence-corrected chi connectivity index (χ0v) is 18.0. The van der Waals surface area contributed by atoms with Gasteiger partial charge >= 0.3 is 0 Å². The summed E-state index contributed by atoms with van der Waals surface area (Å²) in [7, 11) is 0. The zero-order valence-electron chi connectivity index (χ0n) is 15.6. The minimum absolute atomic E-state index is 0.348. The lowest BCUT2D eigenvalue weighted by atomic mass is 10.2. The van der Waals surface area contributed by atoms with E-state index < -0.39 is 11.8 Å². The third kappa shape index (κ3) is 4.74. The van der Waals surface area contributed by atoms with Gasteiger partial charge in [-0.25, -0.2) is 4.98 Å². The van der Waals surface area contributed by atoms with Gasteiger partial charge in [0.2, 0.25) is 0 Å². The first kappa shape index (κ1) is 20.2. The Bertz CT molecular complexity index is 1090. The van der Waals surface area contributed by atoms with E-state index >= 15 is 0 Å². The Morgan fingerprint density at radius 1 is 0.933 bits per heavy atom. The van der Waals surface area contributed by atoms with Crippen molar-refractivity contribution in [3.63, 3.8) is 0 Å². The Labute approximate surface area is 185 Å². The normalized spacial score (nSPS) is 12.2. The predicted octanol–water partition coefficient (Wildman–Crippen LogP) is 3.84. The molecule has 9 heteroatoms. The molecule has 2 aromatic carbocycles. The lowest BCUT2D eigenvalue weighted by molar-refractivity contribution is 0.0844. The maximum Gasteiger partial charge on any atom is 0.270 e. The molecule has 0 unspecified atom stereocenters. The fourth-order valence-corrected chi connectivity index (χ4v) is 3.83. The van der Waals surface area contributed by atoms with Crippen LogP contribution in [0.2, 0.25) is 0 Å². The summed E-state index contributed by atoms with van der Waals surface area (Å²) in [5.74, 6) is 0.208. The topological polar surface area (TPSA) is 89.6 Å². The molecule has 30 heavy (non-hydrogen) atoms. The summed E-state index contributed by atoms with van der Waals surface area (Å²) in [6.45, 7) is 0.901. The Morgan fingerprint density at radius 2 is 1.70 bits per heavy atom. The molecule has 0 saturated heterocycles. The number of carbonyl (C=O) groups excluding carboxylic acids is 2. The highest BCUT2D eigenvalue weighted by molar-refractivity contribution is 9.10. The molecule has 1 aromatic heterocycles. The van der Waals surface area contributed by atoms with E-state index in [1.54, 1.807) is 36.5 Å².